The van der Waals surface area contributed by atoms with Gasteiger partial charge in [-0.25, -0.2) is 9.50 Å². The van der Waals surface area contributed by atoms with Crippen molar-refractivity contribution in [1.82, 2.24) is 14.6 Å². The molecule has 2 N–H and O–H groups in total. The molecule has 0 aliphatic carbocycles. The van der Waals surface area contributed by atoms with Gasteiger partial charge in [-0.2, -0.15) is 5.10 Å². The molecule has 0 saturated heterocycles. The lowest BCUT2D eigenvalue weighted by Gasteiger charge is -2.24. The van der Waals surface area contributed by atoms with Gasteiger partial charge in [0.2, 0.25) is 0 Å². The maximum atomic E-state index is 5.75. The average Bonchev–Trinajstić information content (AvgIpc) is 2.97. The third kappa shape index (κ3) is 2.81. The monoisotopic (exact) mass is 281 g/mol. The molecule has 3 rings (SSSR count). The van der Waals surface area contributed by atoms with E-state index in [1.54, 1.807) is 12.4 Å². The van der Waals surface area contributed by atoms with Crippen molar-refractivity contribution in [3.63, 3.8) is 0 Å². The van der Waals surface area contributed by atoms with E-state index in [4.69, 9.17) is 5.73 Å². The Labute approximate surface area is 124 Å². The number of anilines is 2. The summed E-state index contributed by atoms with van der Waals surface area (Å²) >= 11 is 0. The predicted octanol–water partition coefficient (Wildman–Crippen LogP) is 2.73. The van der Waals surface area contributed by atoms with Crippen molar-refractivity contribution in [2.75, 3.05) is 17.2 Å². The second-order valence-corrected chi connectivity index (χ2v) is 5.08. The molecule has 0 amide bonds. The maximum Gasteiger partial charge on any atom is 0.154 e. The molecule has 0 bridgehead atoms. The van der Waals surface area contributed by atoms with Crippen LogP contribution in [0.5, 0.6) is 0 Å². The minimum absolute atomic E-state index is 0.789. The van der Waals surface area contributed by atoms with E-state index in [2.05, 4.69) is 34.0 Å². The Hall–Kier alpha value is -2.56. The smallest absolute Gasteiger partial charge is 0.154 e. The third-order valence-electron chi connectivity index (χ3n) is 3.45. The van der Waals surface area contributed by atoms with Gasteiger partial charge in [-0.3, -0.25) is 0 Å². The first kappa shape index (κ1) is 13.4. The van der Waals surface area contributed by atoms with Crippen LogP contribution in [0.3, 0.4) is 0 Å². The first-order valence-electron chi connectivity index (χ1n) is 7.15. The number of nitrogen functional groups attached to an aromatic ring is 1. The van der Waals surface area contributed by atoms with Crippen molar-refractivity contribution in [2.45, 2.75) is 19.9 Å². The van der Waals surface area contributed by atoms with E-state index in [-0.39, 0.29) is 0 Å². The zero-order valence-corrected chi connectivity index (χ0v) is 12.1. The van der Waals surface area contributed by atoms with E-state index in [0.717, 1.165) is 36.5 Å². The van der Waals surface area contributed by atoms with E-state index >= 15 is 0 Å². The van der Waals surface area contributed by atoms with Gasteiger partial charge in [0.05, 0.1) is 6.20 Å². The summed E-state index contributed by atoms with van der Waals surface area (Å²) in [7, 11) is 0. The fourth-order valence-electron chi connectivity index (χ4n) is 2.46. The van der Waals surface area contributed by atoms with Gasteiger partial charge in [-0.15, -0.1) is 0 Å². The molecule has 0 fully saturated rings. The molecule has 5 nitrogen and oxygen atoms in total. The molecule has 21 heavy (non-hydrogen) atoms. The van der Waals surface area contributed by atoms with Crippen LogP contribution in [0, 0.1) is 0 Å². The number of nitrogens with two attached hydrogens (primary N) is 1. The van der Waals surface area contributed by atoms with Gasteiger partial charge in [-0.1, -0.05) is 19.1 Å². The van der Waals surface area contributed by atoms with Crippen LogP contribution in [0.15, 0.2) is 48.9 Å². The Morgan fingerprint density at radius 2 is 1.95 bits per heavy atom. The Balaban J connectivity index is 1.93. The van der Waals surface area contributed by atoms with Gasteiger partial charge in [-0.05, 0) is 30.2 Å². The molecule has 1 aromatic carbocycles. The minimum atomic E-state index is 0.789. The highest BCUT2D eigenvalue weighted by molar-refractivity contribution is 5.68. The summed E-state index contributed by atoms with van der Waals surface area (Å²) in [6.07, 6.45) is 6.52. The van der Waals surface area contributed by atoms with Crippen LogP contribution in [-0.2, 0) is 6.54 Å². The normalized spacial score (nSPS) is 10.9. The third-order valence-corrected chi connectivity index (χ3v) is 3.45. The van der Waals surface area contributed by atoms with E-state index in [1.807, 2.05) is 28.9 Å². The number of fused-ring (bicyclic) bond motifs is 1. The summed E-state index contributed by atoms with van der Waals surface area (Å²) in [4.78, 5) is 6.83. The molecule has 5 heteroatoms. The quantitative estimate of drug-likeness (QED) is 0.731. The highest BCUT2D eigenvalue weighted by Crippen LogP contribution is 2.21. The Bertz CT molecular complexity index is 717. The van der Waals surface area contributed by atoms with Crippen molar-refractivity contribution in [1.29, 1.82) is 0 Å². The van der Waals surface area contributed by atoms with Crippen LogP contribution >= 0.6 is 0 Å². The van der Waals surface area contributed by atoms with E-state index < -0.39 is 0 Å². The number of aromatic nitrogens is 3. The van der Waals surface area contributed by atoms with Crippen LogP contribution in [0.1, 0.15) is 18.9 Å². The number of hydrogen-bond donors (Lipinski definition) is 1. The lowest BCUT2D eigenvalue weighted by atomic mass is 10.2. The molecule has 2 heterocycles. The van der Waals surface area contributed by atoms with Gasteiger partial charge >= 0.3 is 0 Å². The SMILES string of the molecule is CCCN(Cc1ccc(N)cc1)c1nccn2nccc12. The van der Waals surface area contributed by atoms with Gasteiger partial charge in [0.25, 0.3) is 0 Å². The fourth-order valence-corrected chi connectivity index (χ4v) is 2.46. The van der Waals surface area contributed by atoms with Crippen LogP contribution in [0.4, 0.5) is 11.5 Å². The lowest BCUT2D eigenvalue weighted by molar-refractivity contribution is 0.753. The molecular weight excluding hydrogens is 262 g/mol. The average molecular weight is 281 g/mol. The van der Waals surface area contributed by atoms with Gasteiger partial charge in [0, 0.05) is 31.2 Å². The fraction of sp³-hybridized carbons (Fsp3) is 0.250. The van der Waals surface area contributed by atoms with Gasteiger partial charge in [0.15, 0.2) is 5.82 Å². The topological polar surface area (TPSA) is 59.5 Å². The zero-order chi connectivity index (χ0) is 14.7. The molecule has 3 aromatic rings. The molecular formula is C16H19N5. The molecule has 0 aliphatic heterocycles. The molecule has 0 aliphatic rings. The van der Waals surface area contributed by atoms with Crippen molar-refractivity contribution < 1.29 is 0 Å². The summed E-state index contributed by atoms with van der Waals surface area (Å²) in [5.41, 5.74) is 8.79. The minimum Gasteiger partial charge on any atom is -0.399 e. The second kappa shape index (κ2) is 5.83. The number of benzene rings is 1. The summed E-state index contributed by atoms with van der Waals surface area (Å²) in [5.74, 6) is 0.966. The van der Waals surface area contributed by atoms with Crippen molar-refractivity contribution in [3.8, 4) is 0 Å². The van der Waals surface area contributed by atoms with Gasteiger partial charge < -0.3 is 10.6 Å². The molecule has 0 saturated carbocycles. The first-order chi connectivity index (χ1) is 10.3. The predicted molar refractivity (Wildman–Crippen MR) is 85.2 cm³/mol. The molecule has 0 atom stereocenters. The zero-order valence-electron chi connectivity index (χ0n) is 12.1. The number of hydrogen-bond acceptors (Lipinski definition) is 4. The van der Waals surface area contributed by atoms with E-state index in [9.17, 15) is 0 Å². The summed E-state index contributed by atoms with van der Waals surface area (Å²) in [5, 5.41) is 4.27. The largest absolute Gasteiger partial charge is 0.399 e. The van der Waals surface area contributed by atoms with Crippen molar-refractivity contribution >= 4 is 17.0 Å². The van der Waals surface area contributed by atoms with Crippen LogP contribution in [0.2, 0.25) is 0 Å². The Kier molecular flexibility index (Phi) is 3.73. The Morgan fingerprint density at radius 3 is 2.71 bits per heavy atom. The Morgan fingerprint density at radius 1 is 1.14 bits per heavy atom. The molecule has 108 valence electrons. The standard InChI is InChI=1S/C16H19N5/c1-2-10-20(12-13-3-5-14(17)6-4-13)16-15-7-8-19-21(15)11-9-18-16/h3-9,11H,2,10,12,17H2,1H3. The summed E-state index contributed by atoms with van der Waals surface area (Å²) in [6, 6.07) is 10.00. The first-order valence-corrected chi connectivity index (χ1v) is 7.15. The second-order valence-electron chi connectivity index (χ2n) is 5.08. The van der Waals surface area contributed by atoms with Crippen molar-refractivity contribution in [3.05, 3.63) is 54.5 Å². The molecule has 0 radical (unpaired) electrons. The van der Waals surface area contributed by atoms with E-state index in [1.165, 1.54) is 5.56 Å². The van der Waals surface area contributed by atoms with Crippen molar-refractivity contribution in [2.24, 2.45) is 0 Å². The van der Waals surface area contributed by atoms with Crippen LogP contribution in [-0.4, -0.2) is 21.1 Å². The molecule has 0 unspecified atom stereocenters. The van der Waals surface area contributed by atoms with Crippen LogP contribution in [0.25, 0.3) is 5.52 Å². The summed E-state index contributed by atoms with van der Waals surface area (Å²) < 4.78 is 1.86. The lowest BCUT2D eigenvalue weighted by Crippen LogP contribution is -2.25. The molecule has 2 aromatic heterocycles. The van der Waals surface area contributed by atoms with E-state index in [0.29, 0.717) is 0 Å². The maximum absolute atomic E-state index is 5.75. The summed E-state index contributed by atoms with van der Waals surface area (Å²) in [6.45, 7) is 3.93. The molecule has 0 spiro atoms. The highest BCUT2D eigenvalue weighted by Gasteiger charge is 2.12. The highest BCUT2D eigenvalue weighted by atomic mass is 15.3. The van der Waals surface area contributed by atoms with Crippen LogP contribution < -0.4 is 10.6 Å². The number of nitrogens with zero attached hydrogens (tertiary/aromatic N) is 4. The number of rotatable bonds is 5. The van der Waals surface area contributed by atoms with Gasteiger partial charge in [0.1, 0.15) is 5.52 Å².